The van der Waals surface area contributed by atoms with Gasteiger partial charge in [0.25, 0.3) is 0 Å². The first-order chi connectivity index (χ1) is 13.6. The maximum atomic E-state index is 12.6. The van der Waals surface area contributed by atoms with Gasteiger partial charge in [0.15, 0.2) is 0 Å². The summed E-state index contributed by atoms with van der Waals surface area (Å²) in [4.78, 5) is 14.6. The van der Waals surface area contributed by atoms with Crippen molar-refractivity contribution in [2.75, 3.05) is 19.7 Å². The number of hydrogen-bond acceptors (Lipinski definition) is 4. The van der Waals surface area contributed by atoms with Crippen LogP contribution in [0, 0.1) is 5.92 Å². The molecule has 6 nitrogen and oxygen atoms in total. The van der Waals surface area contributed by atoms with Crippen LogP contribution in [0.4, 0.5) is 0 Å². The normalized spacial score (nSPS) is 25.7. The average molecular weight is 402 g/mol. The first-order valence-corrected chi connectivity index (χ1v) is 10.4. The van der Waals surface area contributed by atoms with Crippen molar-refractivity contribution in [1.29, 1.82) is 0 Å². The minimum absolute atomic E-state index is 0.0301. The second-order valence-electron chi connectivity index (χ2n) is 7.97. The number of likely N-dealkylation sites (tertiary alicyclic amines) is 1. The number of aromatic nitrogens is 2. The molecule has 1 amide bonds. The molecule has 3 aliphatic rings. The first-order valence-electron chi connectivity index (χ1n) is 10.00. The lowest BCUT2D eigenvalue weighted by molar-refractivity contribution is -0.157. The fourth-order valence-electron chi connectivity index (χ4n) is 5.00. The van der Waals surface area contributed by atoms with Crippen molar-refractivity contribution in [2.24, 2.45) is 5.92 Å². The lowest BCUT2D eigenvalue weighted by Crippen LogP contribution is -2.58. The Morgan fingerprint density at radius 3 is 2.96 bits per heavy atom. The third-order valence-corrected chi connectivity index (χ3v) is 6.64. The van der Waals surface area contributed by atoms with Crippen molar-refractivity contribution in [3.05, 3.63) is 47.2 Å². The van der Waals surface area contributed by atoms with E-state index in [0.717, 1.165) is 43.6 Å². The Labute approximate surface area is 169 Å². The highest BCUT2D eigenvalue weighted by molar-refractivity contribution is 6.30. The lowest BCUT2D eigenvalue weighted by atomic mass is 9.70. The maximum absolute atomic E-state index is 12.6. The van der Waals surface area contributed by atoms with E-state index in [-0.39, 0.29) is 24.2 Å². The maximum Gasteiger partial charge on any atom is 0.244 e. The van der Waals surface area contributed by atoms with Crippen LogP contribution in [0.3, 0.4) is 0 Å². The Balaban J connectivity index is 1.35. The molecule has 0 radical (unpaired) electrons. The topological polar surface area (TPSA) is 56.6 Å². The van der Waals surface area contributed by atoms with Gasteiger partial charge in [0.2, 0.25) is 5.91 Å². The van der Waals surface area contributed by atoms with E-state index in [2.05, 4.69) is 5.10 Å². The van der Waals surface area contributed by atoms with Crippen LogP contribution in [0.2, 0.25) is 5.02 Å². The Morgan fingerprint density at radius 2 is 2.18 bits per heavy atom. The number of carbonyl (C=O) groups excluding carboxylic acids is 1. The highest BCUT2D eigenvalue weighted by Crippen LogP contribution is 2.53. The molecule has 2 aromatic rings. The van der Waals surface area contributed by atoms with E-state index in [1.807, 2.05) is 35.4 Å². The number of amides is 1. The van der Waals surface area contributed by atoms with Gasteiger partial charge in [-0.2, -0.15) is 5.10 Å². The van der Waals surface area contributed by atoms with Crippen LogP contribution < -0.4 is 4.74 Å². The van der Waals surface area contributed by atoms with Gasteiger partial charge in [-0.1, -0.05) is 11.6 Å². The van der Waals surface area contributed by atoms with Crippen LogP contribution in [0.1, 0.15) is 37.4 Å². The van der Waals surface area contributed by atoms with Crippen molar-refractivity contribution in [3.8, 4) is 5.75 Å². The predicted octanol–water partition coefficient (Wildman–Crippen LogP) is 3.46. The first kappa shape index (κ1) is 18.0. The lowest BCUT2D eigenvalue weighted by Gasteiger charge is -2.53. The molecular weight excluding hydrogens is 378 g/mol. The number of benzene rings is 1. The Kier molecular flexibility index (Phi) is 4.56. The Morgan fingerprint density at radius 1 is 1.32 bits per heavy atom. The molecule has 4 heterocycles. The van der Waals surface area contributed by atoms with Crippen LogP contribution in [0.25, 0.3) is 0 Å². The monoisotopic (exact) mass is 401 g/mol. The average Bonchev–Trinajstić information content (AvgIpc) is 3.22. The van der Waals surface area contributed by atoms with E-state index < -0.39 is 0 Å². The molecule has 2 fully saturated rings. The molecule has 148 valence electrons. The molecule has 0 unspecified atom stereocenters. The molecule has 1 aromatic carbocycles. The van der Waals surface area contributed by atoms with Crippen LogP contribution in [-0.2, 0) is 16.1 Å². The van der Waals surface area contributed by atoms with Crippen LogP contribution in [0.15, 0.2) is 36.7 Å². The second-order valence-corrected chi connectivity index (χ2v) is 8.41. The molecule has 0 bridgehead atoms. The highest BCUT2D eigenvalue weighted by atomic mass is 35.5. The fraction of sp³-hybridized carbons (Fsp3) is 0.524. The quantitative estimate of drug-likeness (QED) is 0.773. The van der Waals surface area contributed by atoms with Gasteiger partial charge in [-0.3, -0.25) is 9.48 Å². The predicted molar refractivity (Wildman–Crippen MR) is 104 cm³/mol. The van der Waals surface area contributed by atoms with E-state index >= 15 is 0 Å². The number of rotatable bonds is 2. The van der Waals surface area contributed by atoms with Crippen molar-refractivity contribution >= 4 is 17.5 Å². The summed E-state index contributed by atoms with van der Waals surface area (Å²) >= 11 is 6.23. The summed E-state index contributed by atoms with van der Waals surface area (Å²) in [6.07, 6.45) is 7.32. The molecular formula is C21H24ClN3O3. The Hall–Kier alpha value is -2.05. The molecule has 0 saturated carbocycles. The van der Waals surface area contributed by atoms with Gasteiger partial charge in [-0.05, 0) is 37.1 Å². The summed E-state index contributed by atoms with van der Waals surface area (Å²) in [5.74, 6) is 1.29. The van der Waals surface area contributed by atoms with Gasteiger partial charge in [0.05, 0.1) is 6.10 Å². The fourth-order valence-corrected chi connectivity index (χ4v) is 5.18. The largest absolute Gasteiger partial charge is 0.486 e. The van der Waals surface area contributed by atoms with E-state index in [4.69, 9.17) is 21.1 Å². The van der Waals surface area contributed by atoms with Crippen molar-refractivity contribution in [3.63, 3.8) is 0 Å². The summed E-state index contributed by atoms with van der Waals surface area (Å²) in [5.41, 5.74) is 0.800. The zero-order valence-corrected chi connectivity index (χ0v) is 16.5. The van der Waals surface area contributed by atoms with E-state index in [0.29, 0.717) is 24.0 Å². The van der Waals surface area contributed by atoms with Crippen LogP contribution in [0.5, 0.6) is 5.75 Å². The number of hydrogen-bond donors (Lipinski definition) is 0. The molecule has 0 N–H and O–H groups in total. The van der Waals surface area contributed by atoms with Crippen molar-refractivity contribution in [2.45, 2.75) is 43.9 Å². The standard InChI is InChI=1S/C21H24ClN3O3/c22-15-4-5-18-16(13-15)20-17(3-1-12-27-20)21(28-18)6-10-24(11-7-21)19(26)14-25-9-2-8-23-25/h2,4-5,8-9,13,17,20H,1,3,6-7,10-12,14H2/t17-,20+/m0/s1. The van der Waals surface area contributed by atoms with Crippen molar-refractivity contribution < 1.29 is 14.3 Å². The van der Waals surface area contributed by atoms with Crippen LogP contribution in [-0.4, -0.2) is 45.9 Å². The van der Waals surface area contributed by atoms with Gasteiger partial charge in [0, 0.05) is 61.4 Å². The summed E-state index contributed by atoms with van der Waals surface area (Å²) in [5, 5.41) is 4.85. The third kappa shape index (κ3) is 3.08. The zero-order valence-electron chi connectivity index (χ0n) is 15.7. The van der Waals surface area contributed by atoms with Gasteiger partial charge < -0.3 is 14.4 Å². The molecule has 1 aromatic heterocycles. The number of piperidine rings is 1. The second kappa shape index (κ2) is 7.08. The summed E-state index contributed by atoms with van der Waals surface area (Å²) in [7, 11) is 0. The SMILES string of the molecule is O=C(Cn1cccn1)N1CCC2(CC1)Oc1ccc(Cl)cc1[C@H]1OCCC[C@@H]12. The van der Waals surface area contributed by atoms with E-state index in [1.54, 1.807) is 10.9 Å². The molecule has 28 heavy (non-hydrogen) atoms. The van der Waals surface area contributed by atoms with E-state index in [9.17, 15) is 4.79 Å². The summed E-state index contributed by atoms with van der Waals surface area (Å²) < 4.78 is 14.5. The number of ether oxygens (including phenoxy) is 2. The third-order valence-electron chi connectivity index (χ3n) is 6.41. The molecule has 0 aliphatic carbocycles. The number of halogens is 1. The molecule has 2 saturated heterocycles. The molecule has 7 heteroatoms. The van der Waals surface area contributed by atoms with Gasteiger partial charge in [0.1, 0.15) is 17.9 Å². The number of nitrogens with zero attached hydrogens (tertiary/aromatic N) is 3. The molecule has 5 rings (SSSR count). The Bertz CT molecular complexity index is 862. The minimum Gasteiger partial charge on any atom is -0.486 e. The van der Waals surface area contributed by atoms with Gasteiger partial charge in [-0.25, -0.2) is 0 Å². The smallest absolute Gasteiger partial charge is 0.244 e. The van der Waals surface area contributed by atoms with E-state index in [1.165, 1.54) is 0 Å². The number of carbonyl (C=O) groups is 1. The van der Waals surface area contributed by atoms with Gasteiger partial charge >= 0.3 is 0 Å². The molecule has 2 atom stereocenters. The summed E-state index contributed by atoms with van der Waals surface area (Å²) in [6.45, 7) is 2.47. The minimum atomic E-state index is -0.269. The van der Waals surface area contributed by atoms with Crippen molar-refractivity contribution in [1.82, 2.24) is 14.7 Å². The van der Waals surface area contributed by atoms with Gasteiger partial charge in [-0.15, -0.1) is 0 Å². The van der Waals surface area contributed by atoms with Crippen LogP contribution >= 0.6 is 11.6 Å². The summed E-state index contributed by atoms with van der Waals surface area (Å²) in [6, 6.07) is 7.65. The molecule has 1 spiro atoms. The molecule has 3 aliphatic heterocycles. The number of fused-ring (bicyclic) bond motifs is 4. The zero-order chi connectivity index (χ0) is 19.1. The highest BCUT2D eigenvalue weighted by Gasteiger charge is 2.52.